The van der Waals surface area contributed by atoms with Gasteiger partial charge < -0.3 is 5.73 Å². The first-order valence-electron chi connectivity index (χ1n) is 4.47. The summed E-state index contributed by atoms with van der Waals surface area (Å²) in [6.07, 6.45) is 1.32. The maximum atomic E-state index is 11.6. The highest BCUT2D eigenvalue weighted by molar-refractivity contribution is 7.10. The van der Waals surface area contributed by atoms with Crippen LogP contribution in [0.15, 0.2) is 11.4 Å². The summed E-state index contributed by atoms with van der Waals surface area (Å²) in [5.74, 6) is 0.165. The topological polar surface area (TPSA) is 43.1 Å². The van der Waals surface area contributed by atoms with Gasteiger partial charge in [-0.1, -0.05) is 6.92 Å². The summed E-state index contributed by atoms with van der Waals surface area (Å²) in [7, 11) is 0. The van der Waals surface area contributed by atoms with Crippen LogP contribution in [0.25, 0.3) is 0 Å². The molecule has 2 N–H and O–H groups in total. The Balaban J connectivity index is 2.58. The molecule has 0 aromatic carbocycles. The number of carbonyl (C=O) groups is 1. The third-order valence-electron chi connectivity index (χ3n) is 2.02. The van der Waals surface area contributed by atoms with Crippen molar-refractivity contribution in [1.29, 1.82) is 0 Å². The van der Waals surface area contributed by atoms with Crippen LogP contribution < -0.4 is 5.73 Å². The summed E-state index contributed by atoms with van der Waals surface area (Å²) >= 11 is 1.61. The van der Waals surface area contributed by atoms with Gasteiger partial charge in [-0.3, -0.25) is 4.79 Å². The minimum Gasteiger partial charge on any atom is -0.327 e. The van der Waals surface area contributed by atoms with Crippen molar-refractivity contribution in [2.24, 2.45) is 5.73 Å². The predicted octanol–water partition coefficient (Wildman–Crippen LogP) is 2.37. The molecule has 0 saturated heterocycles. The molecule has 13 heavy (non-hydrogen) atoms. The molecule has 1 unspecified atom stereocenters. The molecular weight excluding hydrogens is 182 g/mol. The van der Waals surface area contributed by atoms with E-state index < -0.39 is 0 Å². The van der Waals surface area contributed by atoms with E-state index in [1.165, 1.54) is 4.88 Å². The number of Topliss-reactive ketones (excluding diaryl/α,β-unsaturated/α-hetero) is 1. The van der Waals surface area contributed by atoms with Gasteiger partial charge in [0, 0.05) is 28.3 Å². The van der Waals surface area contributed by atoms with E-state index in [4.69, 9.17) is 5.73 Å². The normalized spacial score (nSPS) is 12.8. The molecule has 1 rings (SSSR count). The largest absolute Gasteiger partial charge is 0.327 e. The third-order valence-corrected chi connectivity index (χ3v) is 2.89. The van der Waals surface area contributed by atoms with Gasteiger partial charge in [0.2, 0.25) is 0 Å². The van der Waals surface area contributed by atoms with Crippen LogP contribution >= 0.6 is 11.3 Å². The lowest BCUT2D eigenvalue weighted by Crippen LogP contribution is -2.22. The van der Waals surface area contributed by atoms with Gasteiger partial charge in [0.1, 0.15) is 0 Å². The van der Waals surface area contributed by atoms with Crippen molar-refractivity contribution in [3.8, 4) is 0 Å². The van der Waals surface area contributed by atoms with Crippen LogP contribution in [0.1, 0.15) is 35.0 Å². The summed E-state index contributed by atoms with van der Waals surface area (Å²) in [6.45, 7) is 4.00. The Kier molecular flexibility index (Phi) is 3.63. The Morgan fingerprint density at radius 3 is 2.85 bits per heavy atom. The predicted molar refractivity (Wildman–Crippen MR) is 56.3 cm³/mol. The van der Waals surface area contributed by atoms with E-state index in [0.29, 0.717) is 6.42 Å². The van der Waals surface area contributed by atoms with Crippen molar-refractivity contribution in [1.82, 2.24) is 0 Å². The lowest BCUT2D eigenvalue weighted by molar-refractivity contribution is 0.0974. The Labute approximate surface area is 82.8 Å². The van der Waals surface area contributed by atoms with Gasteiger partial charge in [-0.25, -0.2) is 0 Å². The van der Waals surface area contributed by atoms with Crippen molar-refractivity contribution >= 4 is 17.1 Å². The molecule has 72 valence electrons. The van der Waals surface area contributed by atoms with Crippen molar-refractivity contribution in [2.75, 3.05) is 0 Å². The molecule has 2 nitrogen and oxygen atoms in total. The van der Waals surface area contributed by atoms with Crippen LogP contribution in [-0.2, 0) is 0 Å². The quantitative estimate of drug-likeness (QED) is 0.753. The van der Waals surface area contributed by atoms with Crippen molar-refractivity contribution in [3.05, 3.63) is 21.9 Å². The summed E-state index contributed by atoms with van der Waals surface area (Å²) in [5.41, 5.74) is 6.51. The molecule has 0 bridgehead atoms. The molecule has 1 aromatic rings. The van der Waals surface area contributed by atoms with Crippen LogP contribution in [0.2, 0.25) is 0 Å². The molecule has 0 amide bonds. The number of carbonyl (C=O) groups excluding carboxylic acids is 1. The zero-order chi connectivity index (χ0) is 9.84. The first kappa shape index (κ1) is 10.4. The van der Waals surface area contributed by atoms with Crippen molar-refractivity contribution < 1.29 is 4.79 Å². The molecule has 0 aliphatic heterocycles. The molecular formula is C10H15NOS. The molecule has 3 heteroatoms. The van der Waals surface area contributed by atoms with E-state index in [0.717, 1.165) is 12.0 Å². The number of aryl methyl sites for hydroxylation is 1. The highest BCUT2D eigenvalue weighted by atomic mass is 32.1. The molecule has 1 atom stereocenters. The van der Waals surface area contributed by atoms with E-state index in [-0.39, 0.29) is 11.8 Å². The van der Waals surface area contributed by atoms with Gasteiger partial charge >= 0.3 is 0 Å². The molecule has 0 aliphatic carbocycles. The summed E-state index contributed by atoms with van der Waals surface area (Å²) in [5, 5.41) is 1.90. The number of hydrogen-bond acceptors (Lipinski definition) is 3. The monoisotopic (exact) mass is 197 g/mol. The first-order valence-corrected chi connectivity index (χ1v) is 5.35. The van der Waals surface area contributed by atoms with Gasteiger partial charge in [0.25, 0.3) is 0 Å². The van der Waals surface area contributed by atoms with Gasteiger partial charge in [-0.2, -0.15) is 0 Å². The maximum absolute atomic E-state index is 11.6. The fraction of sp³-hybridized carbons (Fsp3) is 0.500. The van der Waals surface area contributed by atoms with E-state index in [1.54, 1.807) is 11.3 Å². The fourth-order valence-electron chi connectivity index (χ4n) is 1.09. The second kappa shape index (κ2) is 4.53. The Hall–Kier alpha value is -0.670. The molecule has 1 heterocycles. The molecule has 0 radical (unpaired) electrons. The van der Waals surface area contributed by atoms with Crippen molar-refractivity contribution in [2.45, 2.75) is 32.7 Å². The molecule has 0 aliphatic rings. The molecule has 0 spiro atoms. The number of nitrogens with two attached hydrogens (primary N) is 1. The smallest absolute Gasteiger partial charge is 0.165 e. The number of rotatable bonds is 4. The van der Waals surface area contributed by atoms with Gasteiger partial charge in [-0.15, -0.1) is 11.3 Å². The van der Waals surface area contributed by atoms with Crippen LogP contribution in [0.4, 0.5) is 0 Å². The molecule has 0 fully saturated rings. The minimum absolute atomic E-state index is 0.00714. The van der Waals surface area contributed by atoms with Crippen LogP contribution in [0.5, 0.6) is 0 Å². The van der Waals surface area contributed by atoms with E-state index in [2.05, 4.69) is 0 Å². The average Bonchev–Trinajstić information content (AvgIpc) is 2.51. The average molecular weight is 197 g/mol. The van der Waals surface area contributed by atoms with E-state index in [1.807, 2.05) is 25.3 Å². The van der Waals surface area contributed by atoms with E-state index in [9.17, 15) is 4.79 Å². The zero-order valence-electron chi connectivity index (χ0n) is 8.04. The summed E-state index contributed by atoms with van der Waals surface area (Å²) < 4.78 is 0. The lowest BCUT2D eigenvalue weighted by atomic mass is 10.1. The lowest BCUT2D eigenvalue weighted by Gasteiger charge is -2.05. The highest BCUT2D eigenvalue weighted by Gasteiger charge is 2.10. The third kappa shape index (κ3) is 2.94. The highest BCUT2D eigenvalue weighted by Crippen LogP contribution is 2.15. The van der Waals surface area contributed by atoms with Crippen LogP contribution in [0.3, 0.4) is 0 Å². The minimum atomic E-state index is 0.00714. The maximum Gasteiger partial charge on any atom is 0.165 e. The second-order valence-corrected chi connectivity index (χ2v) is 4.36. The number of ketones is 1. The van der Waals surface area contributed by atoms with Gasteiger partial charge in [0.05, 0.1) is 0 Å². The van der Waals surface area contributed by atoms with Gasteiger partial charge in [0.15, 0.2) is 5.78 Å². The molecule has 0 saturated carbocycles. The second-order valence-electron chi connectivity index (χ2n) is 3.24. The van der Waals surface area contributed by atoms with Gasteiger partial charge in [-0.05, 0) is 19.4 Å². The Morgan fingerprint density at radius 2 is 2.38 bits per heavy atom. The van der Waals surface area contributed by atoms with Crippen molar-refractivity contribution in [3.63, 3.8) is 0 Å². The Bertz CT molecular complexity index is 293. The Morgan fingerprint density at radius 1 is 1.69 bits per heavy atom. The number of hydrogen-bond donors (Lipinski definition) is 1. The summed E-state index contributed by atoms with van der Waals surface area (Å²) in [6, 6.07) is 1.93. The van der Waals surface area contributed by atoms with Crippen LogP contribution in [0, 0.1) is 6.92 Å². The standard InChI is InChI=1S/C10H15NOS/c1-3-9(11)5-10(12)8-4-7(2)13-6-8/h4,6,9H,3,5,11H2,1-2H3. The SMILES string of the molecule is CCC(N)CC(=O)c1csc(C)c1. The fourth-order valence-corrected chi connectivity index (χ4v) is 1.80. The number of thiophene rings is 1. The zero-order valence-corrected chi connectivity index (χ0v) is 8.86. The van der Waals surface area contributed by atoms with E-state index >= 15 is 0 Å². The molecule has 1 aromatic heterocycles. The first-order chi connectivity index (χ1) is 6.13. The summed E-state index contributed by atoms with van der Waals surface area (Å²) in [4.78, 5) is 12.7. The van der Waals surface area contributed by atoms with Crippen LogP contribution in [-0.4, -0.2) is 11.8 Å².